The number of nitrogens with zero attached hydrogens (tertiary/aromatic N) is 5. The molecule has 138 valence electrons. The first kappa shape index (κ1) is 17.7. The van der Waals surface area contributed by atoms with Crippen LogP contribution in [0.4, 0.5) is 5.13 Å². The Kier molecular flexibility index (Phi) is 4.66. The summed E-state index contributed by atoms with van der Waals surface area (Å²) in [7, 11) is 1.85. The van der Waals surface area contributed by atoms with E-state index in [1.165, 1.54) is 23.1 Å². The summed E-state index contributed by atoms with van der Waals surface area (Å²) in [5, 5.41) is 21.6. The molecule has 1 N–H and O–H groups in total. The van der Waals surface area contributed by atoms with Crippen molar-refractivity contribution in [3.63, 3.8) is 0 Å². The van der Waals surface area contributed by atoms with Gasteiger partial charge in [0.15, 0.2) is 16.7 Å². The van der Waals surface area contributed by atoms with Gasteiger partial charge in [0, 0.05) is 12.4 Å². The molecule has 4 rings (SSSR count). The zero-order valence-electron chi connectivity index (χ0n) is 14.8. The van der Waals surface area contributed by atoms with Crippen LogP contribution >= 0.6 is 23.1 Å². The number of hydrogen-bond donors (Lipinski definition) is 1. The fraction of sp³-hybridized carbons (Fsp3) is 0.235. The molecule has 8 nitrogen and oxygen atoms in total. The molecule has 0 fully saturated rings. The molecule has 0 radical (unpaired) electrons. The number of aryl methyl sites for hydroxylation is 1. The van der Waals surface area contributed by atoms with Crippen molar-refractivity contribution in [3.05, 3.63) is 35.3 Å². The number of amides is 1. The number of carbonyl (C=O) groups excluding carboxylic acids is 1. The van der Waals surface area contributed by atoms with Crippen LogP contribution in [-0.2, 0) is 11.8 Å². The predicted octanol–water partition coefficient (Wildman–Crippen LogP) is 3.51. The summed E-state index contributed by atoms with van der Waals surface area (Å²) < 4.78 is 7.68. The van der Waals surface area contributed by atoms with Gasteiger partial charge in [0.25, 0.3) is 0 Å². The number of fused-ring (bicyclic) bond motifs is 1. The second-order valence-electron chi connectivity index (χ2n) is 5.89. The van der Waals surface area contributed by atoms with Crippen molar-refractivity contribution in [2.24, 2.45) is 7.05 Å². The van der Waals surface area contributed by atoms with Gasteiger partial charge < -0.3 is 8.98 Å². The SMILES string of the molecule is Cc1nnc(NC(=O)[C@@H](C)Sc2nnc(-c3cc4ccccc4o3)n2C)s1. The monoisotopic (exact) mass is 400 g/mol. The Balaban J connectivity index is 1.50. The van der Waals surface area contributed by atoms with Gasteiger partial charge >= 0.3 is 0 Å². The number of hydrogen-bond acceptors (Lipinski definition) is 8. The van der Waals surface area contributed by atoms with Gasteiger partial charge in [0.1, 0.15) is 10.6 Å². The minimum atomic E-state index is -0.374. The maximum absolute atomic E-state index is 12.4. The molecule has 0 aliphatic carbocycles. The summed E-state index contributed by atoms with van der Waals surface area (Å²) in [6, 6.07) is 9.71. The number of thioether (sulfide) groups is 1. The number of para-hydroxylation sites is 1. The lowest BCUT2D eigenvalue weighted by Gasteiger charge is -2.09. The number of anilines is 1. The van der Waals surface area contributed by atoms with Crippen molar-refractivity contribution in [1.82, 2.24) is 25.0 Å². The summed E-state index contributed by atoms with van der Waals surface area (Å²) in [5.74, 6) is 1.09. The number of benzene rings is 1. The van der Waals surface area contributed by atoms with Crippen LogP contribution in [-0.4, -0.2) is 36.1 Å². The Morgan fingerprint density at radius 3 is 2.81 bits per heavy atom. The number of rotatable bonds is 5. The Morgan fingerprint density at radius 2 is 2.07 bits per heavy atom. The fourth-order valence-corrected chi connectivity index (χ4v) is 3.90. The summed E-state index contributed by atoms with van der Waals surface area (Å²) in [6.45, 7) is 3.65. The van der Waals surface area contributed by atoms with E-state index in [9.17, 15) is 4.79 Å². The summed E-state index contributed by atoms with van der Waals surface area (Å²) in [5.41, 5.74) is 0.796. The van der Waals surface area contributed by atoms with Crippen LogP contribution in [0.25, 0.3) is 22.6 Å². The van der Waals surface area contributed by atoms with Gasteiger partial charge in [-0.2, -0.15) is 0 Å². The summed E-state index contributed by atoms with van der Waals surface area (Å²) in [6.07, 6.45) is 0. The highest BCUT2D eigenvalue weighted by molar-refractivity contribution is 8.00. The molecule has 0 saturated heterocycles. The Morgan fingerprint density at radius 1 is 1.26 bits per heavy atom. The molecule has 1 aromatic carbocycles. The van der Waals surface area contributed by atoms with E-state index < -0.39 is 0 Å². The highest BCUT2D eigenvalue weighted by Gasteiger charge is 2.21. The smallest absolute Gasteiger partial charge is 0.239 e. The lowest BCUT2D eigenvalue weighted by atomic mass is 10.2. The number of furan rings is 1. The third kappa shape index (κ3) is 3.58. The number of nitrogens with one attached hydrogen (secondary N) is 1. The van der Waals surface area contributed by atoms with Gasteiger partial charge in [0.05, 0.1) is 5.25 Å². The van der Waals surface area contributed by atoms with Crippen molar-refractivity contribution >= 4 is 45.1 Å². The normalized spacial score (nSPS) is 12.4. The molecule has 3 heterocycles. The fourth-order valence-electron chi connectivity index (χ4n) is 2.49. The standard InChI is InChI=1S/C17H16N6O2S2/c1-9(15(24)18-16-21-19-10(2)27-16)26-17-22-20-14(23(17)3)13-8-11-6-4-5-7-12(11)25-13/h4-9H,1-3H3,(H,18,21,24)/t9-/m1/s1. The van der Waals surface area contributed by atoms with E-state index >= 15 is 0 Å². The Hall–Kier alpha value is -2.72. The van der Waals surface area contributed by atoms with Crippen LogP contribution in [0.2, 0.25) is 0 Å². The molecule has 0 aliphatic rings. The van der Waals surface area contributed by atoms with Gasteiger partial charge in [-0.15, -0.1) is 20.4 Å². The third-order valence-corrected chi connectivity index (χ3v) is 5.78. The summed E-state index contributed by atoms with van der Waals surface area (Å²) in [4.78, 5) is 12.4. The zero-order chi connectivity index (χ0) is 19.0. The summed E-state index contributed by atoms with van der Waals surface area (Å²) >= 11 is 2.66. The largest absolute Gasteiger partial charge is 0.453 e. The number of carbonyl (C=O) groups is 1. The molecule has 27 heavy (non-hydrogen) atoms. The lowest BCUT2D eigenvalue weighted by molar-refractivity contribution is -0.115. The van der Waals surface area contributed by atoms with Crippen LogP contribution in [0.1, 0.15) is 11.9 Å². The van der Waals surface area contributed by atoms with E-state index in [4.69, 9.17) is 4.42 Å². The molecule has 0 unspecified atom stereocenters. The van der Waals surface area contributed by atoms with Gasteiger partial charge in [0.2, 0.25) is 11.0 Å². The molecular formula is C17H16N6O2S2. The second kappa shape index (κ2) is 7.12. The van der Waals surface area contributed by atoms with Crippen molar-refractivity contribution < 1.29 is 9.21 Å². The van der Waals surface area contributed by atoms with E-state index in [0.29, 0.717) is 21.9 Å². The van der Waals surface area contributed by atoms with E-state index in [0.717, 1.165) is 16.0 Å². The van der Waals surface area contributed by atoms with E-state index in [-0.39, 0.29) is 11.2 Å². The molecule has 1 atom stereocenters. The van der Waals surface area contributed by atoms with Gasteiger partial charge in [-0.25, -0.2) is 0 Å². The molecule has 1 amide bonds. The highest BCUT2D eigenvalue weighted by atomic mass is 32.2. The van der Waals surface area contributed by atoms with E-state index in [2.05, 4.69) is 25.7 Å². The molecule has 0 bridgehead atoms. The minimum absolute atomic E-state index is 0.163. The first-order valence-corrected chi connectivity index (χ1v) is 9.87. The third-order valence-electron chi connectivity index (χ3n) is 3.89. The van der Waals surface area contributed by atoms with Crippen LogP contribution in [0.5, 0.6) is 0 Å². The molecule has 0 aliphatic heterocycles. The molecule has 0 spiro atoms. The van der Waals surface area contributed by atoms with Crippen LogP contribution in [0, 0.1) is 6.92 Å². The Labute approximate surface area is 163 Å². The average Bonchev–Trinajstić information content (AvgIpc) is 3.34. The number of aromatic nitrogens is 5. The van der Waals surface area contributed by atoms with Crippen LogP contribution < -0.4 is 5.32 Å². The first-order chi connectivity index (χ1) is 13.0. The molecule has 10 heteroatoms. The quantitative estimate of drug-likeness (QED) is 0.512. The first-order valence-electron chi connectivity index (χ1n) is 8.17. The Bertz CT molecular complexity index is 1080. The van der Waals surface area contributed by atoms with E-state index in [1.807, 2.05) is 55.8 Å². The predicted molar refractivity (Wildman–Crippen MR) is 105 cm³/mol. The molecule has 0 saturated carbocycles. The van der Waals surface area contributed by atoms with Crippen molar-refractivity contribution in [3.8, 4) is 11.6 Å². The van der Waals surface area contributed by atoms with Gasteiger partial charge in [-0.05, 0) is 26.0 Å². The maximum Gasteiger partial charge on any atom is 0.239 e. The van der Waals surface area contributed by atoms with Crippen LogP contribution in [0.15, 0.2) is 39.9 Å². The lowest BCUT2D eigenvalue weighted by Crippen LogP contribution is -2.22. The molecule has 4 aromatic rings. The average molecular weight is 400 g/mol. The highest BCUT2D eigenvalue weighted by Crippen LogP contribution is 2.30. The minimum Gasteiger partial charge on any atom is -0.453 e. The molecular weight excluding hydrogens is 384 g/mol. The molecule has 3 aromatic heterocycles. The topological polar surface area (TPSA) is 98.7 Å². The van der Waals surface area contributed by atoms with Crippen molar-refractivity contribution in [2.45, 2.75) is 24.3 Å². The second-order valence-corrected chi connectivity index (χ2v) is 8.38. The zero-order valence-corrected chi connectivity index (χ0v) is 16.5. The maximum atomic E-state index is 12.4. The van der Waals surface area contributed by atoms with E-state index in [1.54, 1.807) is 0 Å². The van der Waals surface area contributed by atoms with Gasteiger partial charge in [-0.3, -0.25) is 10.1 Å². The van der Waals surface area contributed by atoms with Gasteiger partial charge in [-0.1, -0.05) is 41.3 Å². The van der Waals surface area contributed by atoms with Crippen molar-refractivity contribution in [1.29, 1.82) is 0 Å². The van der Waals surface area contributed by atoms with Crippen molar-refractivity contribution in [2.75, 3.05) is 5.32 Å². The van der Waals surface area contributed by atoms with Crippen LogP contribution in [0.3, 0.4) is 0 Å².